The minimum absolute atomic E-state index is 0.737. The average molecular weight is 288 g/mol. The molecule has 3 aromatic rings. The molecule has 0 spiro atoms. The van der Waals surface area contributed by atoms with Crippen LogP contribution < -0.4 is 4.74 Å². The van der Waals surface area contributed by atoms with Crippen LogP contribution in [0.1, 0.15) is 17.7 Å². The molecule has 3 heteroatoms. The van der Waals surface area contributed by atoms with Crippen molar-refractivity contribution in [2.75, 3.05) is 6.61 Å². The van der Waals surface area contributed by atoms with Gasteiger partial charge in [-0.25, -0.2) is 4.98 Å². The van der Waals surface area contributed by atoms with Crippen LogP contribution in [0.4, 0.5) is 5.69 Å². The molecule has 0 fully saturated rings. The van der Waals surface area contributed by atoms with E-state index in [0.29, 0.717) is 0 Å². The Kier molecular flexibility index (Phi) is 3.31. The topological polar surface area (TPSA) is 34.5 Å². The second-order valence-electron chi connectivity index (χ2n) is 5.37. The molecule has 0 aliphatic carbocycles. The number of hydrogen-bond donors (Lipinski definition) is 0. The van der Waals surface area contributed by atoms with E-state index in [1.165, 1.54) is 0 Å². The van der Waals surface area contributed by atoms with Gasteiger partial charge in [-0.2, -0.15) is 0 Å². The second kappa shape index (κ2) is 5.60. The van der Waals surface area contributed by atoms with Crippen LogP contribution in [-0.4, -0.2) is 17.8 Å². The Morgan fingerprint density at radius 3 is 2.73 bits per heavy atom. The SMILES string of the molecule is C(=Nc1c2c(nc3ccccc13)CCCO2)c1ccccc1. The first-order valence-electron chi connectivity index (χ1n) is 7.55. The lowest BCUT2D eigenvalue weighted by Gasteiger charge is -2.19. The molecule has 108 valence electrons. The third kappa shape index (κ3) is 2.35. The van der Waals surface area contributed by atoms with Gasteiger partial charge in [0.25, 0.3) is 0 Å². The van der Waals surface area contributed by atoms with Crippen molar-refractivity contribution in [2.24, 2.45) is 4.99 Å². The maximum atomic E-state index is 5.87. The lowest BCUT2D eigenvalue weighted by molar-refractivity contribution is 0.287. The molecule has 1 aromatic heterocycles. The van der Waals surface area contributed by atoms with Gasteiger partial charge in [-0.1, -0.05) is 48.5 Å². The van der Waals surface area contributed by atoms with Crippen LogP contribution in [0.2, 0.25) is 0 Å². The van der Waals surface area contributed by atoms with Crippen LogP contribution in [0.3, 0.4) is 0 Å². The molecule has 2 aromatic carbocycles. The summed E-state index contributed by atoms with van der Waals surface area (Å²) < 4.78 is 5.87. The van der Waals surface area contributed by atoms with Gasteiger partial charge in [0.2, 0.25) is 0 Å². The number of fused-ring (bicyclic) bond motifs is 2. The second-order valence-corrected chi connectivity index (χ2v) is 5.37. The molecule has 2 heterocycles. The Morgan fingerprint density at radius 2 is 1.82 bits per heavy atom. The minimum Gasteiger partial charge on any atom is -0.489 e. The smallest absolute Gasteiger partial charge is 0.167 e. The Morgan fingerprint density at radius 1 is 1.00 bits per heavy atom. The monoisotopic (exact) mass is 288 g/mol. The van der Waals surface area contributed by atoms with E-state index in [1.807, 2.05) is 54.7 Å². The summed E-state index contributed by atoms with van der Waals surface area (Å²) in [6.45, 7) is 0.737. The van der Waals surface area contributed by atoms with Gasteiger partial charge < -0.3 is 4.74 Å². The Hall–Kier alpha value is -2.68. The first kappa shape index (κ1) is 13.0. The van der Waals surface area contributed by atoms with Crippen molar-refractivity contribution in [3.8, 4) is 5.75 Å². The summed E-state index contributed by atoms with van der Waals surface area (Å²) in [5.41, 5.74) is 3.97. The van der Waals surface area contributed by atoms with Gasteiger partial charge in [-0.05, 0) is 24.5 Å². The molecule has 0 unspecified atom stereocenters. The van der Waals surface area contributed by atoms with E-state index in [9.17, 15) is 0 Å². The lowest BCUT2D eigenvalue weighted by Crippen LogP contribution is -2.10. The Labute approximate surface area is 129 Å². The summed E-state index contributed by atoms with van der Waals surface area (Å²) in [5, 5.41) is 1.04. The number of rotatable bonds is 2. The summed E-state index contributed by atoms with van der Waals surface area (Å²) >= 11 is 0. The minimum atomic E-state index is 0.737. The van der Waals surface area contributed by atoms with E-state index in [0.717, 1.165) is 53.0 Å². The largest absolute Gasteiger partial charge is 0.489 e. The van der Waals surface area contributed by atoms with Crippen molar-refractivity contribution in [1.29, 1.82) is 0 Å². The number of benzene rings is 2. The number of hydrogen-bond acceptors (Lipinski definition) is 3. The van der Waals surface area contributed by atoms with Crippen molar-refractivity contribution in [3.63, 3.8) is 0 Å². The third-order valence-corrected chi connectivity index (χ3v) is 3.84. The maximum Gasteiger partial charge on any atom is 0.167 e. The molecule has 0 atom stereocenters. The van der Waals surface area contributed by atoms with Crippen molar-refractivity contribution in [1.82, 2.24) is 4.98 Å². The van der Waals surface area contributed by atoms with E-state index < -0.39 is 0 Å². The van der Waals surface area contributed by atoms with E-state index in [1.54, 1.807) is 0 Å². The standard InChI is InChI=1S/C19H16N2O/c1-2-7-14(8-3-1)13-20-18-15-9-4-5-10-16(15)21-17-11-6-12-22-19(17)18/h1-5,7-10,13H,6,11-12H2. The highest BCUT2D eigenvalue weighted by Gasteiger charge is 2.18. The molecular formula is C19H16N2O. The fraction of sp³-hybridized carbons (Fsp3) is 0.158. The molecule has 0 bridgehead atoms. The van der Waals surface area contributed by atoms with Gasteiger partial charge in [-0.15, -0.1) is 0 Å². The summed E-state index contributed by atoms with van der Waals surface area (Å²) in [7, 11) is 0. The molecule has 0 N–H and O–H groups in total. The zero-order valence-electron chi connectivity index (χ0n) is 12.2. The van der Waals surface area contributed by atoms with Crippen LogP contribution >= 0.6 is 0 Å². The number of para-hydroxylation sites is 1. The number of nitrogens with zero attached hydrogens (tertiary/aromatic N) is 2. The third-order valence-electron chi connectivity index (χ3n) is 3.84. The highest BCUT2D eigenvalue weighted by Crippen LogP contribution is 2.39. The van der Waals surface area contributed by atoms with Gasteiger partial charge >= 0.3 is 0 Å². The zero-order chi connectivity index (χ0) is 14.8. The summed E-state index contributed by atoms with van der Waals surface area (Å²) in [6.07, 6.45) is 3.86. The van der Waals surface area contributed by atoms with E-state index >= 15 is 0 Å². The van der Waals surface area contributed by atoms with Crippen molar-refractivity contribution in [2.45, 2.75) is 12.8 Å². The van der Waals surface area contributed by atoms with E-state index in [-0.39, 0.29) is 0 Å². The first-order chi connectivity index (χ1) is 10.9. The molecular weight excluding hydrogens is 272 g/mol. The van der Waals surface area contributed by atoms with Crippen LogP contribution in [0.25, 0.3) is 10.9 Å². The van der Waals surface area contributed by atoms with Crippen LogP contribution in [0.15, 0.2) is 59.6 Å². The Bertz CT molecular complexity index is 841. The lowest BCUT2D eigenvalue weighted by atomic mass is 10.1. The molecule has 1 aliphatic rings. The molecule has 4 rings (SSSR count). The molecule has 0 saturated heterocycles. The quantitative estimate of drug-likeness (QED) is 0.658. The van der Waals surface area contributed by atoms with E-state index in [2.05, 4.69) is 6.07 Å². The number of ether oxygens (including phenoxy) is 1. The van der Waals surface area contributed by atoms with E-state index in [4.69, 9.17) is 14.7 Å². The van der Waals surface area contributed by atoms with Crippen molar-refractivity contribution < 1.29 is 4.74 Å². The van der Waals surface area contributed by atoms with Gasteiger partial charge in [0, 0.05) is 11.6 Å². The van der Waals surface area contributed by atoms with Crippen molar-refractivity contribution >= 4 is 22.8 Å². The maximum absolute atomic E-state index is 5.87. The average Bonchev–Trinajstić information content (AvgIpc) is 2.59. The fourth-order valence-electron chi connectivity index (χ4n) is 2.77. The molecule has 22 heavy (non-hydrogen) atoms. The Balaban J connectivity index is 1.89. The fourth-order valence-corrected chi connectivity index (χ4v) is 2.77. The molecule has 3 nitrogen and oxygen atoms in total. The summed E-state index contributed by atoms with van der Waals surface area (Å²) in [6, 6.07) is 18.2. The van der Waals surface area contributed by atoms with Gasteiger partial charge in [-0.3, -0.25) is 4.99 Å². The molecule has 1 aliphatic heterocycles. The number of aromatic nitrogens is 1. The first-order valence-corrected chi connectivity index (χ1v) is 7.55. The zero-order valence-corrected chi connectivity index (χ0v) is 12.2. The summed E-state index contributed by atoms with van der Waals surface area (Å²) in [5.74, 6) is 0.845. The number of aliphatic imine (C=N–C) groups is 1. The van der Waals surface area contributed by atoms with Crippen molar-refractivity contribution in [3.05, 3.63) is 65.9 Å². The van der Waals surface area contributed by atoms with Crippen LogP contribution in [0, 0.1) is 0 Å². The molecule has 0 amide bonds. The van der Waals surface area contributed by atoms with Gasteiger partial charge in [0.15, 0.2) is 5.75 Å². The predicted octanol–water partition coefficient (Wildman–Crippen LogP) is 4.31. The molecule has 0 radical (unpaired) electrons. The van der Waals surface area contributed by atoms with Crippen LogP contribution in [0.5, 0.6) is 5.75 Å². The normalized spacial score (nSPS) is 14.0. The number of pyridine rings is 1. The van der Waals surface area contributed by atoms with Crippen LogP contribution in [-0.2, 0) is 6.42 Å². The predicted molar refractivity (Wildman–Crippen MR) is 89.3 cm³/mol. The molecule has 0 saturated carbocycles. The summed E-state index contributed by atoms with van der Waals surface area (Å²) in [4.78, 5) is 9.46. The highest BCUT2D eigenvalue weighted by molar-refractivity contribution is 5.96. The van der Waals surface area contributed by atoms with Gasteiger partial charge in [0.05, 0.1) is 17.8 Å². The number of aryl methyl sites for hydroxylation is 1. The van der Waals surface area contributed by atoms with Gasteiger partial charge in [0.1, 0.15) is 5.69 Å². The highest BCUT2D eigenvalue weighted by atomic mass is 16.5.